The van der Waals surface area contributed by atoms with Crippen molar-refractivity contribution in [1.29, 1.82) is 0 Å². The SMILES string of the molecule is COCCn1c(C)cnc1CC1CCN(C(=O)C2CC2)CC1. The van der Waals surface area contributed by atoms with E-state index in [0.717, 1.165) is 58.3 Å². The van der Waals surface area contributed by atoms with E-state index < -0.39 is 0 Å². The minimum absolute atomic E-state index is 0.354. The molecule has 1 aliphatic heterocycles. The van der Waals surface area contributed by atoms with Gasteiger partial charge in [0.1, 0.15) is 5.82 Å². The van der Waals surface area contributed by atoms with Gasteiger partial charge in [0.2, 0.25) is 5.91 Å². The third-order valence-corrected chi connectivity index (χ3v) is 4.98. The first-order chi connectivity index (χ1) is 10.7. The van der Waals surface area contributed by atoms with Crippen LogP contribution in [0.25, 0.3) is 0 Å². The van der Waals surface area contributed by atoms with Gasteiger partial charge in [-0.1, -0.05) is 0 Å². The molecular weight excluding hydrogens is 278 g/mol. The van der Waals surface area contributed by atoms with Crippen LogP contribution in [0.2, 0.25) is 0 Å². The fraction of sp³-hybridized carbons (Fsp3) is 0.765. The minimum atomic E-state index is 0.354. The number of carbonyl (C=O) groups is 1. The molecule has 122 valence electrons. The molecule has 1 aromatic rings. The van der Waals surface area contributed by atoms with Crippen molar-refractivity contribution in [2.75, 3.05) is 26.8 Å². The zero-order valence-electron chi connectivity index (χ0n) is 13.8. The van der Waals surface area contributed by atoms with Gasteiger partial charge in [-0.2, -0.15) is 0 Å². The third-order valence-electron chi connectivity index (χ3n) is 4.98. The molecule has 0 unspecified atom stereocenters. The molecule has 5 heteroatoms. The summed E-state index contributed by atoms with van der Waals surface area (Å²) in [5.41, 5.74) is 1.20. The Bertz CT molecular complexity index is 514. The lowest BCUT2D eigenvalue weighted by Gasteiger charge is -2.32. The molecule has 0 spiro atoms. The maximum atomic E-state index is 12.1. The Balaban J connectivity index is 1.53. The van der Waals surface area contributed by atoms with Gasteiger partial charge >= 0.3 is 0 Å². The summed E-state index contributed by atoms with van der Waals surface area (Å²) in [5.74, 6) is 2.57. The lowest BCUT2D eigenvalue weighted by molar-refractivity contribution is -0.133. The summed E-state index contributed by atoms with van der Waals surface area (Å²) < 4.78 is 7.46. The van der Waals surface area contributed by atoms with Gasteiger partial charge in [-0.25, -0.2) is 4.98 Å². The summed E-state index contributed by atoms with van der Waals surface area (Å²) >= 11 is 0. The van der Waals surface area contributed by atoms with Gasteiger partial charge in [0.05, 0.1) is 6.61 Å². The first-order valence-corrected chi connectivity index (χ1v) is 8.47. The number of aryl methyl sites for hydroxylation is 1. The fourth-order valence-corrected chi connectivity index (χ4v) is 3.37. The van der Waals surface area contributed by atoms with Crippen LogP contribution in [0, 0.1) is 18.8 Å². The molecule has 2 aliphatic rings. The third kappa shape index (κ3) is 3.51. The lowest BCUT2D eigenvalue weighted by Crippen LogP contribution is -2.39. The quantitative estimate of drug-likeness (QED) is 0.808. The van der Waals surface area contributed by atoms with E-state index in [1.165, 1.54) is 11.5 Å². The molecule has 1 saturated heterocycles. The highest BCUT2D eigenvalue weighted by molar-refractivity contribution is 5.81. The molecular formula is C17H27N3O2. The number of hydrogen-bond acceptors (Lipinski definition) is 3. The number of methoxy groups -OCH3 is 1. The Labute approximate surface area is 132 Å². The maximum Gasteiger partial charge on any atom is 0.225 e. The Hall–Kier alpha value is -1.36. The smallest absolute Gasteiger partial charge is 0.225 e. The molecule has 2 fully saturated rings. The van der Waals surface area contributed by atoms with Gasteiger partial charge in [-0.05, 0) is 38.5 Å². The number of ether oxygens (including phenoxy) is 1. The number of piperidine rings is 1. The number of carbonyl (C=O) groups excluding carboxylic acids is 1. The molecule has 1 aliphatic carbocycles. The Morgan fingerprint density at radius 3 is 2.68 bits per heavy atom. The summed E-state index contributed by atoms with van der Waals surface area (Å²) in [6.07, 6.45) is 7.40. The zero-order chi connectivity index (χ0) is 15.5. The number of hydrogen-bond donors (Lipinski definition) is 0. The second-order valence-electron chi connectivity index (χ2n) is 6.71. The monoisotopic (exact) mass is 305 g/mol. The van der Waals surface area contributed by atoms with E-state index in [0.29, 0.717) is 17.7 Å². The zero-order valence-corrected chi connectivity index (χ0v) is 13.8. The fourth-order valence-electron chi connectivity index (χ4n) is 3.37. The van der Waals surface area contributed by atoms with Gasteiger partial charge in [0.25, 0.3) is 0 Å². The van der Waals surface area contributed by atoms with E-state index >= 15 is 0 Å². The first-order valence-electron chi connectivity index (χ1n) is 8.47. The van der Waals surface area contributed by atoms with Crippen LogP contribution in [-0.2, 0) is 22.5 Å². The van der Waals surface area contributed by atoms with Crippen molar-refractivity contribution >= 4 is 5.91 Å². The van der Waals surface area contributed by atoms with E-state index in [-0.39, 0.29) is 0 Å². The van der Waals surface area contributed by atoms with Crippen molar-refractivity contribution in [3.8, 4) is 0 Å². The number of likely N-dealkylation sites (tertiary alicyclic amines) is 1. The summed E-state index contributed by atoms with van der Waals surface area (Å²) in [4.78, 5) is 18.8. The molecule has 0 atom stereocenters. The summed E-state index contributed by atoms with van der Waals surface area (Å²) in [6.45, 7) is 5.55. The van der Waals surface area contributed by atoms with Gasteiger partial charge < -0.3 is 14.2 Å². The Morgan fingerprint density at radius 2 is 2.05 bits per heavy atom. The second-order valence-corrected chi connectivity index (χ2v) is 6.71. The van der Waals surface area contributed by atoms with Gasteiger partial charge in [-0.15, -0.1) is 0 Å². The van der Waals surface area contributed by atoms with Gasteiger partial charge in [0.15, 0.2) is 0 Å². The second kappa shape index (κ2) is 6.82. The van der Waals surface area contributed by atoms with Gasteiger partial charge in [-0.3, -0.25) is 4.79 Å². The highest BCUT2D eigenvalue weighted by Crippen LogP contribution is 2.32. The summed E-state index contributed by atoms with van der Waals surface area (Å²) in [7, 11) is 1.73. The lowest BCUT2D eigenvalue weighted by atomic mass is 9.93. The van der Waals surface area contributed by atoms with E-state index in [4.69, 9.17) is 4.74 Å². The van der Waals surface area contributed by atoms with Crippen molar-refractivity contribution in [3.63, 3.8) is 0 Å². The Morgan fingerprint density at radius 1 is 1.32 bits per heavy atom. The van der Waals surface area contributed by atoms with Crippen LogP contribution < -0.4 is 0 Å². The molecule has 2 heterocycles. The van der Waals surface area contributed by atoms with Crippen molar-refractivity contribution in [2.45, 2.75) is 45.6 Å². The highest BCUT2D eigenvalue weighted by atomic mass is 16.5. The standard InChI is InChI=1S/C17H27N3O2/c1-13-12-18-16(20(13)9-10-22-2)11-14-5-7-19(8-6-14)17(21)15-3-4-15/h12,14-15H,3-11H2,1-2H3. The average molecular weight is 305 g/mol. The number of nitrogens with zero attached hydrogens (tertiary/aromatic N) is 3. The first kappa shape index (κ1) is 15.5. The molecule has 0 N–H and O–H groups in total. The molecule has 1 saturated carbocycles. The van der Waals surface area contributed by atoms with Crippen molar-refractivity contribution in [1.82, 2.24) is 14.5 Å². The number of amides is 1. The Kier molecular flexibility index (Phi) is 4.81. The van der Waals surface area contributed by atoms with Crippen molar-refractivity contribution in [3.05, 3.63) is 17.7 Å². The molecule has 0 bridgehead atoms. The average Bonchev–Trinajstić information content (AvgIpc) is 3.32. The normalized spacial score (nSPS) is 19.6. The summed E-state index contributed by atoms with van der Waals surface area (Å²) in [6, 6.07) is 0. The van der Waals surface area contributed by atoms with Crippen LogP contribution in [0.5, 0.6) is 0 Å². The van der Waals surface area contributed by atoms with E-state index in [1.54, 1.807) is 7.11 Å². The molecule has 3 rings (SSSR count). The van der Waals surface area contributed by atoms with Crippen LogP contribution >= 0.6 is 0 Å². The summed E-state index contributed by atoms with van der Waals surface area (Å²) in [5, 5.41) is 0. The van der Waals surface area contributed by atoms with Crippen LogP contribution in [0.1, 0.15) is 37.2 Å². The molecule has 0 aromatic carbocycles. The number of imidazole rings is 1. The molecule has 1 amide bonds. The number of rotatable bonds is 6. The predicted octanol–water partition coefficient (Wildman–Crippen LogP) is 2.03. The molecule has 0 radical (unpaired) electrons. The maximum absolute atomic E-state index is 12.1. The van der Waals surface area contributed by atoms with E-state index in [1.807, 2.05) is 6.20 Å². The van der Waals surface area contributed by atoms with Crippen LogP contribution in [0.15, 0.2) is 6.20 Å². The van der Waals surface area contributed by atoms with Crippen LogP contribution in [-0.4, -0.2) is 47.2 Å². The number of aromatic nitrogens is 2. The van der Waals surface area contributed by atoms with Gasteiger partial charge in [0, 0.05) is 51.0 Å². The van der Waals surface area contributed by atoms with Crippen molar-refractivity contribution < 1.29 is 9.53 Å². The minimum Gasteiger partial charge on any atom is -0.383 e. The van der Waals surface area contributed by atoms with E-state index in [2.05, 4.69) is 21.4 Å². The van der Waals surface area contributed by atoms with Crippen LogP contribution in [0.4, 0.5) is 0 Å². The van der Waals surface area contributed by atoms with E-state index in [9.17, 15) is 4.79 Å². The topological polar surface area (TPSA) is 47.4 Å². The van der Waals surface area contributed by atoms with Crippen molar-refractivity contribution in [2.24, 2.45) is 11.8 Å². The molecule has 5 nitrogen and oxygen atoms in total. The molecule has 1 aromatic heterocycles. The largest absolute Gasteiger partial charge is 0.383 e. The molecule has 22 heavy (non-hydrogen) atoms. The highest BCUT2D eigenvalue weighted by Gasteiger charge is 2.35. The van der Waals surface area contributed by atoms with Crippen LogP contribution in [0.3, 0.4) is 0 Å². The predicted molar refractivity (Wildman–Crippen MR) is 84.6 cm³/mol.